The van der Waals surface area contributed by atoms with Crippen LogP contribution >= 0.6 is 0 Å². The molecular weight excluding hydrogens is 260 g/mol. The Morgan fingerprint density at radius 3 is 2.21 bits per heavy atom. The van der Waals surface area contributed by atoms with Gasteiger partial charge in [-0.05, 0) is 23.8 Å². The van der Waals surface area contributed by atoms with E-state index in [2.05, 4.69) is 30.7 Å². The van der Waals surface area contributed by atoms with Gasteiger partial charge in [-0.3, -0.25) is 0 Å². The van der Waals surface area contributed by atoms with Crippen LogP contribution < -0.4 is 4.72 Å². The standard InChI is InChI=1S/C14H24N2O2S/c1-12(2)14(10-13-8-6-5-7-9-13)11-15-19(17,18)16(3)4/h5-9,12,14-15H,10-11H2,1-4H3/t14-/m1/s1. The third kappa shape index (κ3) is 5.30. The zero-order valence-electron chi connectivity index (χ0n) is 12.1. The molecule has 1 atom stereocenters. The third-order valence-electron chi connectivity index (χ3n) is 3.29. The lowest BCUT2D eigenvalue weighted by Gasteiger charge is -2.22. The van der Waals surface area contributed by atoms with Crippen LogP contribution in [0.3, 0.4) is 0 Å². The lowest BCUT2D eigenvalue weighted by Crippen LogP contribution is -2.39. The lowest BCUT2D eigenvalue weighted by atomic mass is 9.89. The number of hydrogen-bond donors (Lipinski definition) is 1. The Bertz CT molecular complexity index is 469. The molecule has 0 aromatic heterocycles. The molecule has 108 valence electrons. The molecule has 1 rings (SSSR count). The van der Waals surface area contributed by atoms with Gasteiger partial charge in [0.1, 0.15) is 0 Å². The van der Waals surface area contributed by atoms with Gasteiger partial charge in [-0.1, -0.05) is 44.2 Å². The first-order chi connectivity index (χ1) is 8.83. The molecule has 5 heteroatoms. The van der Waals surface area contributed by atoms with Gasteiger partial charge in [0.25, 0.3) is 10.2 Å². The number of benzene rings is 1. The Hall–Kier alpha value is -0.910. The van der Waals surface area contributed by atoms with E-state index in [1.54, 1.807) is 0 Å². The minimum Gasteiger partial charge on any atom is -0.202 e. The fourth-order valence-electron chi connectivity index (χ4n) is 1.80. The van der Waals surface area contributed by atoms with Gasteiger partial charge < -0.3 is 0 Å². The average Bonchev–Trinajstić information content (AvgIpc) is 2.35. The van der Waals surface area contributed by atoms with Crippen LogP contribution in [0, 0.1) is 11.8 Å². The minimum absolute atomic E-state index is 0.289. The molecule has 0 saturated carbocycles. The highest BCUT2D eigenvalue weighted by molar-refractivity contribution is 7.87. The zero-order valence-corrected chi connectivity index (χ0v) is 12.9. The molecule has 0 aliphatic heterocycles. The second-order valence-corrected chi connectivity index (χ2v) is 7.30. The third-order valence-corrected chi connectivity index (χ3v) is 4.79. The van der Waals surface area contributed by atoms with E-state index >= 15 is 0 Å². The van der Waals surface area contributed by atoms with Gasteiger partial charge in [0.2, 0.25) is 0 Å². The monoisotopic (exact) mass is 284 g/mol. The Labute approximate surface area is 117 Å². The van der Waals surface area contributed by atoms with Crippen molar-refractivity contribution in [2.75, 3.05) is 20.6 Å². The van der Waals surface area contributed by atoms with Crippen molar-refractivity contribution in [1.82, 2.24) is 9.03 Å². The SMILES string of the molecule is CC(C)[C@@H](CNS(=O)(=O)N(C)C)Cc1ccccc1. The van der Waals surface area contributed by atoms with E-state index in [0.29, 0.717) is 12.5 Å². The van der Waals surface area contributed by atoms with Gasteiger partial charge in [0.05, 0.1) is 0 Å². The van der Waals surface area contributed by atoms with Crippen molar-refractivity contribution in [3.63, 3.8) is 0 Å². The summed E-state index contributed by atoms with van der Waals surface area (Å²) in [5.41, 5.74) is 1.24. The molecule has 0 spiro atoms. The maximum absolute atomic E-state index is 11.7. The molecule has 0 heterocycles. The van der Waals surface area contributed by atoms with E-state index in [0.717, 1.165) is 6.42 Å². The van der Waals surface area contributed by atoms with E-state index in [1.165, 1.54) is 24.0 Å². The summed E-state index contributed by atoms with van der Waals surface area (Å²) in [4.78, 5) is 0. The molecule has 1 aromatic rings. The van der Waals surface area contributed by atoms with Gasteiger partial charge in [0.15, 0.2) is 0 Å². The van der Waals surface area contributed by atoms with Crippen LogP contribution in [-0.4, -0.2) is 33.4 Å². The predicted octanol–water partition coefficient (Wildman–Crippen LogP) is 1.90. The van der Waals surface area contributed by atoms with Gasteiger partial charge in [-0.15, -0.1) is 0 Å². The molecule has 4 nitrogen and oxygen atoms in total. The van der Waals surface area contributed by atoms with Gasteiger partial charge in [-0.2, -0.15) is 12.7 Å². The molecule has 0 radical (unpaired) electrons. The second-order valence-electron chi connectivity index (χ2n) is 5.33. The molecule has 0 saturated heterocycles. The van der Waals surface area contributed by atoms with Crippen molar-refractivity contribution >= 4 is 10.2 Å². The maximum Gasteiger partial charge on any atom is 0.278 e. The van der Waals surface area contributed by atoms with Crippen molar-refractivity contribution in [2.45, 2.75) is 20.3 Å². The van der Waals surface area contributed by atoms with Crippen LogP contribution in [0.1, 0.15) is 19.4 Å². The fraction of sp³-hybridized carbons (Fsp3) is 0.571. The molecule has 0 bridgehead atoms. The normalized spacial score (nSPS) is 14.0. The summed E-state index contributed by atoms with van der Waals surface area (Å²) in [5, 5.41) is 0. The molecule has 0 aliphatic carbocycles. The van der Waals surface area contributed by atoms with Gasteiger partial charge in [0, 0.05) is 20.6 Å². The first kappa shape index (κ1) is 16.1. The van der Waals surface area contributed by atoms with Gasteiger partial charge >= 0.3 is 0 Å². The van der Waals surface area contributed by atoms with Crippen LogP contribution in [0.4, 0.5) is 0 Å². The van der Waals surface area contributed by atoms with Crippen molar-refractivity contribution in [1.29, 1.82) is 0 Å². The highest BCUT2D eigenvalue weighted by Gasteiger charge is 2.19. The largest absolute Gasteiger partial charge is 0.278 e. The molecule has 0 aliphatic rings. The molecule has 1 aromatic carbocycles. The zero-order chi connectivity index (χ0) is 14.5. The lowest BCUT2D eigenvalue weighted by molar-refractivity contribution is 0.375. The molecule has 0 amide bonds. The minimum atomic E-state index is -3.34. The topological polar surface area (TPSA) is 49.4 Å². The highest BCUT2D eigenvalue weighted by atomic mass is 32.2. The summed E-state index contributed by atoms with van der Waals surface area (Å²) >= 11 is 0. The Kier molecular flexibility index (Phi) is 5.97. The van der Waals surface area contributed by atoms with Crippen molar-refractivity contribution in [3.05, 3.63) is 35.9 Å². The van der Waals surface area contributed by atoms with Crippen LogP contribution in [0.2, 0.25) is 0 Å². The Morgan fingerprint density at radius 1 is 1.16 bits per heavy atom. The summed E-state index contributed by atoms with van der Waals surface area (Å²) in [6.45, 7) is 4.71. The van der Waals surface area contributed by atoms with Crippen LogP contribution in [-0.2, 0) is 16.6 Å². The van der Waals surface area contributed by atoms with Crippen LogP contribution in [0.25, 0.3) is 0 Å². The fourth-order valence-corrected chi connectivity index (χ4v) is 2.48. The molecule has 0 fully saturated rings. The predicted molar refractivity (Wildman–Crippen MR) is 79.1 cm³/mol. The average molecular weight is 284 g/mol. The summed E-state index contributed by atoms with van der Waals surface area (Å²) < 4.78 is 27.3. The summed E-state index contributed by atoms with van der Waals surface area (Å²) in [6, 6.07) is 10.2. The first-order valence-electron chi connectivity index (χ1n) is 6.54. The van der Waals surface area contributed by atoms with E-state index in [9.17, 15) is 8.42 Å². The number of nitrogens with one attached hydrogen (secondary N) is 1. The highest BCUT2D eigenvalue weighted by Crippen LogP contribution is 2.16. The quantitative estimate of drug-likeness (QED) is 0.831. The van der Waals surface area contributed by atoms with E-state index in [1.807, 2.05) is 18.2 Å². The number of nitrogens with zero attached hydrogens (tertiary/aromatic N) is 1. The smallest absolute Gasteiger partial charge is 0.202 e. The first-order valence-corrected chi connectivity index (χ1v) is 7.98. The Morgan fingerprint density at radius 2 is 1.74 bits per heavy atom. The summed E-state index contributed by atoms with van der Waals surface area (Å²) in [7, 11) is -0.272. The van der Waals surface area contributed by atoms with Crippen LogP contribution in [0.5, 0.6) is 0 Å². The van der Waals surface area contributed by atoms with Crippen molar-refractivity contribution < 1.29 is 8.42 Å². The Balaban J connectivity index is 2.65. The maximum atomic E-state index is 11.7. The molecule has 1 N–H and O–H groups in total. The molecule has 0 unspecified atom stereocenters. The van der Waals surface area contributed by atoms with Crippen molar-refractivity contribution in [3.8, 4) is 0 Å². The van der Waals surface area contributed by atoms with E-state index < -0.39 is 10.2 Å². The van der Waals surface area contributed by atoms with Crippen molar-refractivity contribution in [2.24, 2.45) is 11.8 Å². The van der Waals surface area contributed by atoms with E-state index in [4.69, 9.17) is 0 Å². The van der Waals surface area contributed by atoms with Gasteiger partial charge in [-0.25, -0.2) is 4.72 Å². The second kappa shape index (κ2) is 7.03. The summed E-state index contributed by atoms with van der Waals surface area (Å²) in [6.07, 6.45) is 0.883. The molecular formula is C14H24N2O2S. The molecule has 19 heavy (non-hydrogen) atoms. The van der Waals surface area contributed by atoms with E-state index in [-0.39, 0.29) is 5.92 Å². The summed E-state index contributed by atoms with van der Waals surface area (Å²) in [5.74, 6) is 0.710. The van der Waals surface area contributed by atoms with Crippen LogP contribution in [0.15, 0.2) is 30.3 Å². The number of rotatable bonds is 7. The number of hydrogen-bond acceptors (Lipinski definition) is 2.